The topological polar surface area (TPSA) is 28.2 Å². The summed E-state index contributed by atoms with van der Waals surface area (Å²) in [6.45, 7) is 1.67. The van der Waals surface area contributed by atoms with Crippen molar-refractivity contribution in [3.05, 3.63) is 43.1 Å². The van der Waals surface area contributed by atoms with E-state index < -0.39 is 0 Å². The Hall–Kier alpha value is -0.430. The molecular formula is C13H15Br2N3S. The first-order chi connectivity index (χ1) is 9.10. The quantitative estimate of drug-likeness (QED) is 0.815. The second kappa shape index (κ2) is 6.83. The Labute approximate surface area is 134 Å². The number of nitrogens with zero attached hydrogens (tertiary/aromatic N) is 2. The second-order valence-corrected chi connectivity index (χ2v) is 7.08. The maximum atomic E-state index is 4.53. The van der Waals surface area contributed by atoms with Gasteiger partial charge in [0, 0.05) is 44.6 Å². The molecule has 0 aromatic carbocycles. The molecule has 0 aliphatic rings. The van der Waals surface area contributed by atoms with Gasteiger partial charge in [0.1, 0.15) is 5.82 Å². The van der Waals surface area contributed by atoms with Crippen LogP contribution in [0.3, 0.4) is 0 Å². The van der Waals surface area contributed by atoms with E-state index in [1.165, 1.54) is 10.4 Å². The zero-order valence-electron chi connectivity index (χ0n) is 10.8. The van der Waals surface area contributed by atoms with E-state index >= 15 is 0 Å². The lowest BCUT2D eigenvalue weighted by Crippen LogP contribution is -2.20. The maximum Gasteiger partial charge on any atom is 0.133 e. The lowest BCUT2D eigenvalue weighted by Gasteiger charge is -2.20. The summed E-state index contributed by atoms with van der Waals surface area (Å²) >= 11 is 8.71. The van der Waals surface area contributed by atoms with Crippen molar-refractivity contribution in [1.29, 1.82) is 0 Å². The molecule has 0 unspecified atom stereocenters. The minimum atomic E-state index is 0.806. The molecule has 3 nitrogen and oxygen atoms in total. The lowest BCUT2D eigenvalue weighted by atomic mass is 10.2. The van der Waals surface area contributed by atoms with Crippen molar-refractivity contribution in [3.8, 4) is 0 Å². The standard InChI is InChI=1S/C13H15Br2N3S/c1-16-5-9-3-10(14)6-17-13(9)18(2)7-12-4-11(15)8-19-12/h3-4,6,8,16H,5,7H2,1-2H3. The van der Waals surface area contributed by atoms with E-state index in [-0.39, 0.29) is 0 Å². The summed E-state index contributed by atoms with van der Waals surface area (Å²) in [7, 11) is 4.02. The summed E-state index contributed by atoms with van der Waals surface area (Å²) < 4.78 is 2.15. The van der Waals surface area contributed by atoms with Gasteiger partial charge in [0.15, 0.2) is 0 Å². The summed E-state index contributed by atoms with van der Waals surface area (Å²) in [6, 6.07) is 4.26. The number of pyridine rings is 1. The molecule has 0 fully saturated rings. The molecule has 0 amide bonds. The first kappa shape index (κ1) is 15.0. The molecule has 0 bridgehead atoms. The zero-order chi connectivity index (χ0) is 13.8. The van der Waals surface area contributed by atoms with Crippen molar-refractivity contribution in [1.82, 2.24) is 10.3 Å². The highest BCUT2D eigenvalue weighted by atomic mass is 79.9. The summed E-state index contributed by atoms with van der Waals surface area (Å²) in [5.74, 6) is 1.02. The fourth-order valence-corrected chi connectivity index (χ4v) is 3.77. The molecule has 0 saturated heterocycles. The molecule has 0 radical (unpaired) electrons. The molecule has 2 heterocycles. The Kier molecular flexibility index (Phi) is 5.38. The first-order valence-electron chi connectivity index (χ1n) is 5.83. The van der Waals surface area contributed by atoms with Crippen LogP contribution in [0.5, 0.6) is 0 Å². The average Bonchev–Trinajstić information content (AvgIpc) is 2.75. The van der Waals surface area contributed by atoms with E-state index in [4.69, 9.17) is 0 Å². The van der Waals surface area contributed by atoms with Gasteiger partial charge >= 0.3 is 0 Å². The number of aromatic nitrogens is 1. The number of anilines is 1. The highest BCUT2D eigenvalue weighted by molar-refractivity contribution is 9.10. The van der Waals surface area contributed by atoms with E-state index in [1.54, 1.807) is 11.3 Å². The van der Waals surface area contributed by atoms with E-state index in [9.17, 15) is 0 Å². The van der Waals surface area contributed by atoms with E-state index in [0.717, 1.165) is 27.9 Å². The number of thiophene rings is 1. The third-order valence-electron chi connectivity index (χ3n) is 2.65. The fraction of sp³-hybridized carbons (Fsp3) is 0.308. The van der Waals surface area contributed by atoms with Crippen LogP contribution < -0.4 is 10.2 Å². The lowest BCUT2D eigenvalue weighted by molar-refractivity contribution is 0.796. The Morgan fingerprint density at radius 2 is 2.11 bits per heavy atom. The molecule has 0 aliphatic carbocycles. The highest BCUT2D eigenvalue weighted by Gasteiger charge is 2.11. The molecule has 0 spiro atoms. The van der Waals surface area contributed by atoms with Crippen LogP contribution >= 0.6 is 43.2 Å². The van der Waals surface area contributed by atoms with Crippen molar-refractivity contribution < 1.29 is 0 Å². The Morgan fingerprint density at radius 1 is 1.32 bits per heavy atom. The number of nitrogens with one attached hydrogen (secondary N) is 1. The third kappa shape index (κ3) is 4.02. The minimum absolute atomic E-state index is 0.806. The van der Waals surface area contributed by atoms with Crippen molar-refractivity contribution >= 4 is 49.0 Å². The van der Waals surface area contributed by atoms with Gasteiger partial charge in [0.25, 0.3) is 0 Å². The largest absolute Gasteiger partial charge is 0.354 e. The summed E-state index contributed by atoms with van der Waals surface area (Å²) in [5, 5.41) is 5.29. The number of rotatable bonds is 5. The summed E-state index contributed by atoms with van der Waals surface area (Å²) in [4.78, 5) is 8.02. The van der Waals surface area contributed by atoms with Crippen LogP contribution in [0.15, 0.2) is 32.7 Å². The van der Waals surface area contributed by atoms with Gasteiger partial charge in [-0.2, -0.15) is 0 Å². The molecular weight excluding hydrogens is 390 g/mol. The predicted octanol–water partition coefficient (Wildman–Crippen LogP) is 4.02. The van der Waals surface area contributed by atoms with Gasteiger partial charge in [-0.3, -0.25) is 0 Å². The van der Waals surface area contributed by atoms with Crippen LogP contribution in [-0.2, 0) is 13.1 Å². The highest BCUT2D eigenvalue weighted by Crippen LogP contribution is 2.25. The molecule has 0 aliphatic heterocycles. The summed E-state index contributed by atoms with van der Waals surface area (Å²) in [5.41, 5.74) is 1.19. The monoisotopic (exact) mass is 403 g/mol. The van der Waals surface area contributed by atoms with Gasteiger partial charge in [-0.15, -0.1) is 11.3 Å². The molecule has 2 aromatic heterocycles. The van der Waals surface area contributed by atoms with Crippen molar-refractivity contribution in [2.75, 3.05) is 19.0 Å². The molecule has 102 valence electrons. The number of hydrogen-bond donors (Lipinski definition) is 1. The Morgan fingerprint density at radius 3 is 2.74 bits per heavy atom. The SMILES string of the molecule is CNCc1cc(Br)cnc1N(C)Cc1cc(Br)cs1. The van der Waals surface area contributed by atoms with E-state index in [1.807, 2.05) is 13.2 Å². The predicted molar refractivity (Wildman–Crippen MR) is 88.8 cm³/mol. The maximum absolute atomic E-state index is 4.53. The minimum Gasteiger partial charge on any atom is -0.354 e. The molecule has 0 atom stereocenters. The van der Waals surface area contributed by atoms with E-state index in [0.29, 0.717) is 0 Å². The van der Waals surface area contributed by atoms with Gasteiger partial charge in [-0.1, -0.05) is 0 Å². The molecule has 0 saturated carbocycles. The molecule has 19 heavy (non-hydrogen) atoms. The van der Waals surface area contributed by atoms with Crippen LogP contribution in [0.4, 0.5) is 5.82 Å². The van der Waals surface area contributed by atoms with Crippen LogP contribution in [-0.4, -0.2) is 19.1 Å². The van der Waals surface area contributed by atoms with E-state index in [2.05, 4.69) is 71.6 Å². The van der Waals surface area contributed by atoms with Crippen molar-refractivity contribution in [3.63, 3.8) is 0 Å². The molecule has 6 heteroatoms. The number of hydrogen-bond acceptors (Lipinski definition) is 4. The number of halogens is 2. The summed E-state index contributed by atoms with van der Waals surface area (Å²) in [6.07, 6.45) is 1.84. The molecule has 2 aromatic rings. The molecule has 2 rings (SSSR count). The van der Waals surface area contributed by atoms with Gasteiger partial charge in [-0.05, 0) is 51.0 Å². The average molecular weight is 405 g/mol. The van der Waals surface area contributed by atoms with Gasteiger partial charge in [0.05, 0.1) is 6.54 Å². The van der Waals surface area contributed by atoms with Gasteiger partial charge in [-0.25, -0.2) is 4.98 Å². The van der Waals surface area contributed by atoms with Crippen LogP contribution in [0.25, 0.3) is 0 Å². The fourth-order valence-electron chi connectivity index (χ4n) is 1.88. The van der Waals surface area contributed by atoms with Gasteiger partial charge < -0.3 is 10.2 Å². The molecule has 1 N–H and O–H groups in total. The van der Waals surface area contributed by atoms with Crippen LogP contribution in [0.2, 0.25) is 0 Å². The third-order valence-corrected chi connectivity index (χ3v) is 4.77. The zero-order valence-corrected chi connectivity index (χ0v) is 14.8. The van der Waals surface area contributed by atoms with Crippen molar-refractivity contribution in [2.24, 2.45) is 0 Å². The van der Waals surface area contributed by atoms with Crippen molar-refractivity contribution in [2.45, 2.75) is 13.1 Å². The first-order valence-corrected chi connectivity index (χ1v) is 8.30. The smallest absolute Gasteiger partial charge is 0.133 e. The van der Waals surface area contributed by atoms with Gasteiger partial charge in [0.2, 0.25) is 0 Å². The Balaban J connectivity index is 2.20. The van der Waals surface area contributed by atoms with Crippen LogP contribution in [0, 0.1) is 0 Å². The Bertz CT molecular complexity index is 557. The normalized spacial score (nSPS) is 10.7. The second-order valence-electron chi connectivity index (χ2n) is 4.25. The van der Waals surface area contributed by atoms with Crippen LogP contribution in [0.1, 0.15) is 10.4 Å².